The van der Waals surface area contributed by atoms with Gasteiger partial charge in [-0.1, -0.05) is 54.2 Å². The van der Waals surface area contributed by atoms with Crippen LogP contribution >= 0.6 is 11.8 Å². The average molecular weight is 519 g/mol. The Labute approximate surface area is 223 Å². The number of allylic oxidation sites excluding steroid dienone is 1. The van der Waals surface area contributed by atoms with E-state index in [9.17, 15) is 9.59 Å². The van der Waals surface area contributed by atoms with Crippen LogP contribution in [0, 0.1) is 0 Å². The molecule has 0 spiro atoms. The average Bonchev–Trinajstić information content (AvgIpc) is 3.30. The van der Waals surface area contributed by atoms with E-state index in [1.165, 1.54) is 11.8 Å². The number of hydrogen-bond donors (Lipinski definition) is 1. The molecule has 0 fully saturated rings. The van der Waals surface area contributed by atoms with Gasteiger partial charge in [0.2, 0.25) is 5.91 Å². The summed E-state index contributed by atoms with van der Waals surface area (Å²) in [6.45, 7) is 9.02. The topological polar surface area (TPSA) is 74.2 Å². The minimum absolute atomic E-state index is 0.0449. The maximum Gasteiger partial charge on any atom is 0.254 e. The van der Waals surface area contributed by atoms with Crippen molar-refractivity contribution >= 4 is 28.7 Å². The van der Waals surface area contributed by atoms with Gasteiger partial charge in [0.05, 0.1) is 36.9 Å². The summed E-state index contributed by atoms with van der Waals surface area (Å²) in [5.74, 6) is 0.578. The molecule has 2 aliphatic rings. The highest BCUT2D eigenvalue weighted by Crippen LogP contribution is 2.45. The molecule has 2 aliphatic heterocycles. The maximum absolute atomic E-state index is 13.8. The quantitative estimate of drug-likeness (QED) is 0.481. The number of rotatable bonds is 9. The normalized spacial score (nSPS) is 17.5. The van der Waals surface area contributed by atoms with Crippen molar-refractivity contribution in [3.63, 3.8) is 0 Å². The molecule has 0 saturated heterocycles. The molecule has 7 nitrogen and oxygen atoms in total. The number of carbonyl (C=O) groups is 2. The Hall–Kier alpha value is -3.52. The highest BCUT2D eigenvalue weighted by atomic mass is 32.2. The predicted molar refractivity (Wildman–Crippen MR) is 149 cm³/mol. The lowest BCUT2D eigenvalue weighted by atomic mass is 9.92. The number of benzene rings is 2. The number of amidine groups is 1. The molecular weight excluding hydrogens is 484 g/mol. The number of carbonyl (C=O) groups excluding carboxylic acids is 2. The van der Waals surface area contributed by atoms with Crippen molar-refractivity contribution in [1.82, 2.24) is 15.1 Å². The van der Waals surface area contributed by atoms with E-state index >= 15 is 0 Å². The molecule has 2 heterocycles. The van der Waals surface area contributed by atoms with Crippen LogP contribution < -0.4 is 10.1 Å². The molecule has 0 unspecified atom stereocenters. The minimum atomic E-state index is -0.420. The van der Waals surface area contributed by atoms with Gasteiger partial charge >= 0.3 is 0 Å². The van der Waals surface area contributed by atoms with Gasteiger partial charge in [-0.15, -0.1) is 0 Å². The highest BCUT2D eigenvalue weighted by molar-refractivity contribution is 8.16. The summed E-state index contributed by atoms with van der Waals surface area (Å²) < 4.78 is 5.50. The van der Waals surface area contributed by atoms with E-state index in [1.807, 2.05) is 97.5 Å². The zero-order valence-corrected chi connectivity index (χ0v) is 22.8. The van der Waals surface area contributed by atoms with E-state index in [2.05, 4.69) is 5.32 Å². The van der Waals surface area contributed by atoms with E-state index in [1.54, 1.807) is 7.11 Å². The Morgan fingerprint density at radius 2 is 1.86 bits per heavy atom. The first-order valence-corrected chi connectivity index (χ1v) is 13.5. The summed E-state index contributed by atoms with van der Waals surface area (Å²) in [6, 6.07) is 17.1. The molecule has 0 aliphatic carbocycles. The van der Waals surface area contributed by atoms with Crippen LogP contribution in [0.15, 0.2) is 82.0 Å². The van der Waals surface area contributed by atoms with Gasteiger partial charge in [0.15, 0.2) is 5.17 Å². The van der Waals surface area contributed by atoms with Gasteiger partial charge in [-0.2, -0.15) is 0 Å². The van der Waals surface area contributed by atoms with Gasteiger partial charge in [0.1, 0.15) is 5.75 Å². The minimum Gasteiger partial charge on any atom is -0.497 e. The first kappa shape index (κ1) is 26.5. The fourth-order valence-corrected chi connectivity index (χ4v) is 5.70. The van der Waals surface area contributed by atoms with Gasteiger partial charge in [0, 0.05) is 18.8 Å². The Bertz CT molecular complexity index is 1250. The van der Waals surface area contributed by atoms with Crippen LogP contribution in [0.2, 0.25) is 0 Å². The van der Waals surface area contributed by atoms with Crippen LogP contribution in [0.5, 0.6) is 5.75 Å². The molecule has 1 N–H and O–H groups in total. The zero-order chi connectivity index (χ0) is 26.5. The number of thioether (sulfide) groups is 1. The number of likely N-dealkylation sites (N-methyl/N-ethyl adjacent to an activating group) is 1. The summed E-state index contributed by atoms with van der Waals surface area (Å²) in [7, 11) is 1.63. The third-order valence-corrected chi connectivity index (χ3v) is 7.60. The lowest BCUT2D eigenvalue weighted by molar-refractivity contribution is -0.127. The molecule has 4 rings (SSSR count). The smallest absolute Gasteiger partial charge is 0.254 e. The molecule has 0 aromatic heterocycles. The number of ether oxygens (including phenoxy) is 1. The summed E-state index contributed by atoms with van der Waals surface area (Å²) in [5, 5.41) is 5.84. The van der Waals surface area contributed by atoms with E-state index in [0.717, 1.165) is 22.0 Å². The first-order valence-electron chi connectivity index (χ1n) is 12.6. The molecule has 0 saturated carbocycles. The summed E-state index contributed by atoms with van der Waals surface area (Å²) >= 11 is 1.48. The first-order chi connectivity index (χ1) is 17.9. The molecular formula is C29H34N4O3S. The Morgan fingerprint density at radius 1 is 1.14 bits per heavy atom. The number of hydrogen-bond acceptors (Lipinski definition) is 6. The Morgan fingerprint density at radius 3 is 2.54 bits per heavy atom. The van der Waals surface area contributed by atoms with Crippen LogP contribution in [0.3, 0.4) is 0 Å². The van der Waals surface area contributed by atoms with Gasteiger partial charge in [-0.05, 0) is 56.4 Å². The van der Waals surface area contributed by atoms with E-state index in [0.29, 0.717) is 30.1 Å². The van der Waals surface area contributed by atoms with Crippen LogP contribution in [0.1, 0.15) is 57.3 Å². The van der Waals surface area contributed by atoms with E-state index in [4.69, 9.17) is 9.73 Å². The number of fused-ring (bicyclic) bond motifs is 1. The lowest BCUT2D eigenvalue weighted by Gasteiger charge is -2.38. The summed E-state index contributed by atoms with van der Waals surface area (Å²) in [5.41, 5.74) is 4.08. The van der Waals surface area contributed by atoms with Gasteiger partial charge in [0.25, 0.3) is 5.91 Å². The zero-order valence-electron chi connectivity index (χ0n) is 22.0. The molecule has 2 aromatic carbocycles. The summed E-state index contributed by atoms with van der Waals surface area (Å²) in [6.07, 6.45) is 0.176. The number of aliphatic imine (C=N–C) groups is 1. The van der Waals surface area contributed by atoms with Crippen molar-refractivity contribution in [3.8, 4) is 5.75 Å². The second-order valence-corrected chi connectivity index (χ2v) is 9.86. The van der Waals surface area contributed by atoms with Crippen LogP contribution in [0.25, 0.3) is 0 Å². The van der Waals surface area contributed by atoms with Crippen molar-refractivity contribution < 1.29 is 14.3 Å². The third-order valence-electron chi connectivity index (χ3n) is 6.71. The second kappa shape index (κ2) is 11.7. The highest BCUT2D eigenvalue weighted by Gasteiger charge is 2.41. The van der Waals surface area contributed by atoms with Gasteiger partial charge in [-0.3, -0.25) is 9.59 Å². The van der Waals surface area contributed by atoms with Crippen molar-refractivity contribution in [1.29, 1.82) is 0 Å². The molecule has 0 radical (unpaired) electrons. The second-order valence-electron chi connectivity index (χ2n) is 9.02. The Kier molecular flexibility index (Phi) is 8.38. The number of nitrogens with one attached hydrogen (secondary N) is 1. The van der Waals surface area contributed by atoms with Crippen LogP contribution in [-0.2, 0) is 9.59 Å². The molecule has 8 heteroatoms. The van der Waals surface area contributed by atoms with Crippen molar-refractivity contribution in [2.75, 3.05) is 20.2 Å². The van der Waals surface area contributed by atoms with E-state index in [-0.39, 0.29) is 24.3 Å². The van der Waals surface area contributed by atoms with Gasteiger partial charge in [-0.25, -0.2) is 4.99 Å². The molecule has 0 bridgehead atoms. The van der Waals surface area contributed by atoms with Crippen LogP contribution in [0.4, 0.5) is 0 Å². The SMILES string of the molecule is CCN(CC)C(=O)C1=C(C)N=C2SC=C(CC(=O)N[C@H](C)c3ccccc3)N2[C@@H]1c1cccc(OC)c1. The van der Waals surface area contributed by atoms with Gasteiger partial charge < -0.3 is 19.9 Å². The van der Waals surface area contributed by atoms with Crippen molar-refractivity contribution in [2.45, 2.75) is 46.2 Å². The molecule has 37 heavy (non-hydrogen) atoms. The number of amides is 2. The monoisotopic (exact) mass is 518 g/mol. The predicted octanol–water partition coefficient (Wildman–Crippen LogP) is 5.41. The molecule has 194 valence electrons. The van der Waals surface area contributed by atoms with Crippen molar-refractivity contribution in [2.24, 2.45) is 4.99 Å². The fraction of sp³-hybridized carbons (Fsp3) is 0.345. The van der Waals surface area contributed by atoms with E-state index < -0.39 is 6.04 Å². The molecule has 2 aromatic rings. The maximum atomic E-state index is 13.8. The number of methoxy groups -OCH3 is 1. The lowest BCUT2D eigenvalue weighted by Crippen LogP contribution is -2.42. The fourth-order valence-electron chi connectivity index (χ4n) is 4.73. The molecule has 2 amide bonds. The third kappa shape index (κ3) is 5.59. The largest absolute Gasteiger partial charge is 0.497 e. The molecule has 2 atom stereocenters. The van der Waals surface area contributed by atoms with Crippen LogP contribution in [-0.4, -0.2) is 47.0 Å². The Balaban J connectivity index is 1.67. The standard InChI is InChI=1S/C29H34N4O3S/c1-6-32(7-2)28(35)26-20(4)31-29-33(27(26)22-14-11-15-24(16-22)36-5)23(18-37-29)17-25(34)30-19(3)21-12-9-8-10-13-21/h8-16,18-19,27H,6-7,17H2,1-5H3,(H,30,34)/t19-,27-/m1/s1. The van der Waals surface area contributed by atoms with Crippen molar-refractivity contribution in [3.05, 3.63) is 88.1 Å². The number of nitrogens with zero attached hydrogens (tertiary/aromatic N) is 3. The summed E-state index contributed by atoms with van der Waals surface area (Å²) in [4.78, 5) is 35.6.